The molecule has 0 unspecified atom stereocenters. The van der Waals surface area contributed by atoms with Crippen molar-refractivity contribution in [2.24, 2.45) is 4.99 Å². The van der Waals surface area contributed by atoms with Gasteiger partial charge in [0.25, 0.3) is 0 Å². The number of benzene rings is 1. The summed E-state index contributed by atoms with van der Waals surface area (Å²) in [5.74, 6) is 2.31. The van der Waals surface area contributed by atoms with Gasteiger partial charge in [0.2, 0.25) is 0 Å². The minimum atomic E-state index is 0. The van der Waals surface area contributed by atoms with Crippen LogP contribution >= 0.6 is 24.0 Å². The fourth-order valence-electron chi connectivity index (χ4n) is 3.15. The SMILES string of the molecule is CCNC(=NCc1ccc(OC)c(OC)c1)NCCN1CCCN(C)CC1.I. The fraction of sp³-hybridized carbons (Fsp3) is 0.650. The molecule has 0 bridgehead atoms. The summed E-state index contributed by atoms with van der Waals surface area (Å²) in [5, 5.41) is 6.77. The first-order chi connectivity index (χ1) is 13.2. The molecule has 1 saturated heterocycles. The van der Waals surface area contributed by atoms with Gasteiger partial charge in [-0.25, -0.2) is 4.99 Å². The number of methoxy groups -OCH3 is 2. The molecule has 1 aromatic carbocycles. The maximum atomic E-state index is 5.37. The van der Waals surface area contributed by atoms with E-state index >= 15 is 0 Å². The predicted molar refractivity (Wildman–Crippen MR) is 126 cm³/mol. The predicted octanol–water partition coefficient (Wildman–Crippen LogP) is 2.01. The summed E-state index contributed by atoms with van der Waals surface area (Å²) < 4.78 is 10.7. The molecule has 160 valence electrons. The van der Waals surface area contributed by atoms with Crippen LogP contribution in [0.25, 0.3) is 0 Å². The Hall–Kier alpha value is -1.26. The lowest BCUT2D eigenvalue weighted by Crippen LogP contribution is -2.42. The van der Waals surface area contributed by atoms with E-state index in [2.05, 4.69) is 34.4 Å². The summed E-state index contributed by atoms with van der Waals surface area (Å²) in [5.41, 5.74) is 1.08. The number of ether oxygens (including phenoxy) is 2. The number of guanidine groups is 1. The molecule has 1 heterocycles. The molecule has 0 amide bonds. The third kappa shape index (κ3) is 8.40. The zero-order valence-corrected chi connectivity index (χ0v) is 20.0. The average Bonchev–Trinajstić information content (AvgIpc) is 2.90. The van der Waals surface area contributed by atoms with Gasteiger partial charge < -0.3 is 29.9 Å². The topological polar surface area (TPSA) is 61.4 Å². The fourth-order valence-corrected chi connectivity index (χ4v) is 3.15. The maximum absolute atomic E-state index is 5.37. The van der Waals surface area contributed by atoms with Gasteiger partial charge in [-0.15, -0.1) is 24.0 Å². The van der Waals surface area contributed by atoms with Crippen LogP contribution in [0.3, 0.4) is 0 Å². The molecule has 1 aliphatic rings. The van der Waals surface area contributed by atoms with E-state index in [1.807, 2.05) is 18.2 Å². The van der Waals surface area contributed by atoms with Crippen molar-refractivity contribution < 1.29 is 9.47 Å². The van der Waals surface area contributed by atoms with Crippen molar-refractivity contribution in [2.45, 2.75) is 19.9 Å². The largest absolute Gasteiger partial charge is 0.493 e. The van der Waals surface area contributed by atoms with Crippen molar-refractivity contribution in [3.8, 4) is 11.5 Å². The lowest BCUT2D eigenvalue weighted by molar-refractivity contribution is 0.280. The number of halogens is 1. The van der Waals surface area contributed by atoms with Gasteiger partial charge >= 0.3 is 0 Å². The minimum absolute atomic E-state index is 0. The first-order valence-corrected chi connectivity index (χ1v) is 9.80. The third-order valence-corrected chi connectivity index (χ3v) is 4.74. The molecule has 0 saturated carbocycles. The van der Waals surface area contributed by atoms with Crippen molar-refractivity contribution in [2.75, 3.05) is 67.1 Å². The van der Waals surface area contributed by atoms with Gasteiger partial charge in [0, 0.05) is 32.7 Å². The Kier molecular flexibility index (Phi) is 12.2. The molecule has 2 rings (SSSR count). The Morgan fingerprint density at radius 3 is 2.57 bits per heavy atom. The van der Waals surface area contributed by atoms with Crippen LogP contribution in [0.4, 0.5) is 0 Å². The smallest absolute Gasteiger partial charge is 0.191 e. The number of rotatable bonds is 8. The molecule has 1 aromatic rings. The molecule has 0 aromatic heterocycles. The van der Waals surface area contributed by atoms with Gasteiger partial charge in [-0.2, -0.15) is 0 Å². The number of hydrogen-bond donors (Lipinski definition) is 2. The van der Waals surface area contributed by atoms with Gasteiger partial charge in [0.15, 0.2) is 17.5 Å². The van der Waals surface area contributed by atoms with E-state index in [9.17, 15) is 0 Å². The number of aliphatic imine (C=N–C) groups is 1. The van der Waals surface area contributed by atoms with E-state index in [1.165, 1.54) is 19.5 Å². The zero-order chi connectivity index (χ0) is 19.5. The zero-order valence-electron chi connectivity index (χ0n) is 17.7. The first-order valence-electron chi connectivity index (χ1n) is 9.80. The standard InChI is InChI=1S/C20H35N5O2.HI/c1-5-21-20(22-9-12-25-11-6-10-24(2)13-14-25)23-16-17-7-8-18(26-3)19(15-17)27-4;/h7-8,15H,5-6,9-14,16H2,1-4H3,(H2,21,22,23);1H. The Labute approximate surface area is 186 Å². The lowest BCUT2D eigenvalue weighted by atomic mass is 10.2. The van der Waals surface area contributed by atoms with Crippen molar-refractivity contribution >= 4 is 29.9 Å². The van der Waals surface area contributed by atoms with Crippen LogP contribution < -0.4 is 20.1 Å². The highest BCUT2D eigenvalue weighted by atomic mass is 127. The van der Waals surface area contributed by atoms with Gasteiger partial charge in [0.05, 0.1) is 20.8 Å². The van der Waals surface area contributed by atoms with E-state index in [-0.39, 0.29) is 24.0 Å². The Morgan fingerprint density at radius 2 is 1.86 bits per heavy atom. The van der Waals surface area contributed by atoms with Crippen LogP contribution in [0.1, 0.15) is 18.9 Å². The number of nitrogens with one attached hydrogen (secondary N) is 2. The molecule has 0 radical (unpaired) electrons. The van der Waals surface area contributed by atoms with Gasteiger partial charge in [-0.1, -0.05) is 6.07 Å². The van der Waals surface area contributed by atoms with Crippen molar-refractivity contribution in [3.63, 3.8) is 0 Å². The van der Waals surface area contributed by atoms with Gasteiger partial charge in [-0.05, 0) is 51.2 Å². The highest BCUT2D eigenvalue weighted by Gasteiger charge is 2.11. The normalized spacial score (nSPS) is 16.1. The van der Waals surface area contributed by atoms with Crippen LogP contribution in [0.2, 0.25) is 0 Å². The van der Waals surface area contributed by atoms with E-state index in [0.29, 0.717) is 6.54 Å². The molecule has 1 aliphatic heterocycles. The van der Waals surface area contributed by atoms with Crippen LogP contribution in [-0.4, -0.2) is 82.8 Å². The molecule has 0 spiro atoms. The highest BCUT2D eigenvalue weighted by Crippen LogP contribution is 2.27. The minimum Gasteiger partial charge on any atom is -0.493 e. The monoisotopic (exact) mass is 505 g/mol. The quantitative estimate of drug-likeness (QED) is 0.321. The second kappa shape index (κ2) is 13.8. The number of hydrogen-bond acceptors (Lipinski definition) is 5. The molecular weight excluding hydrogens is 469 g/mol. The number of nitrogens with zero attached hydrogens (tertiary/aromatic N) is 3. The van der Waals surface area contributed by atoms with Gasteiger partial charge in [-0.3, -0.25) is 0 Å². The van der Waals surface area contributed by atoms with Crippen LogP contribution in [0.15, 0.2) is 23.2 Å². The Balaban J connectivity index is 0.00000392. The summed E-state index contributed by atoms with van der Waals surface area (Å²) in [4.78, 5) is 9.63. The van der Waals surface area contributed by atoms with E-state index in [0.717, 1.165) is 55.7 Å². The molecule has 2 N–H and O–H groups in total. The highest BCUT2D eigenvalue weighted by molar-refractivity contribution is 14.0. The van der Waals surface area contributed by atoms with Crippen LogP contribution in [-0.2, 0) is 6.54 Å². The summed E-state index contributed by atoms with van der Waals surface area (Å²) >= 11 is 0. The molecule has 28 heavy (non-hydrogen) atoms. The second-order valence-electron chi connectivity index (χ2n) is 6.81. The second-order valence-corrected chi connectivity index (χ2v) is 6.81. The summed E-state index contributed by atoms with van der Waals surface area (Å²) in [6, 6.07) is 5.90. The lowest BCUT2D eigenvalue weighted by Gasteiger charge is -2.21. The average molecular weight is 505 g/mol. The Bertz CT molecular complexity index is 600. The van der Waals surface area contributed by atoms with Crippen molar-refractivity contribution in [1.82, 2.24) is 20.4 Å². The maximum Gasteiger partial charge on any atom is 0.191 e. The summed E-state index contributed by atoms with van der Waals surface area (Å²) in [6.07, 6.45) is 1.24. The third-order valence-electron chi connectivity index (χ3n) is 4.74. The molecule has 7 nitrogen and oxygen atoms in total. The molecule has 0 aliphatic carbocycles. The summed E-state index contributed by atoms with van der Waals surface area (Å²) in [6.45, 7) is 10.1. The van der Waals surface area contributed by atoms with Crippen molar-refractivity contribution in [1.29, 1.82) is 0 Å². The summed E-state index contributed by atoms with van der Waals surface area (Å²) in [7, 11) is 5.49. The molecular formula is C20H36IN5O2. The van der Waals surface area contributed by atoms with Crippen molar-refractivity contribution in [3.05, 3.63) is 23.8 Å². The van der Waals surface area contributed by atoms with Crippen LogP contribution in [0.5, 0.6) is 11.5 Å². The molecule has 0 atom stereocenters. The first kappa shape index (κ1) is 24.8. The molecule has 8 heteroatoms. The van der Waals surface area contributed by atoms with Gasteiger partial charge in [0.1, 0.15) is 0 Å². The Morgan fingerprint density at radius 1 is 1.07 bits per heavy atom. The van der Waals surface area contributed by atoms with Crippen LogP contribution in [0, 0.1) is 0 Å². The van der Waals surface area contributed by atoms with E-state index < -0.39 is 0 Å². The van der Waals surface area contributed by atoms with E-state index in [1.54, 1.807) is 14.2 Å². The van der Waals surface area contributed by atoms with E-state index in [4.69, 9.17) is 14.5 Å². The number of likely N-dealkylation sites (N-methyl/N-ethyl adjacent to an activating group) is 1. The molecule has 1 fully saturated rings.